The normalized spacial score (nSPS) is 13.7. The number of hydrogen-bond acceptors (Lipinski definition) is 3. The van der Waals surface area contributed by atoms with Crippen molar-refractivity contribution in [3.63, 3.8) is 0 Å². The van der Waals surface area contributed by atoms with Crippen LogP contribution < -0.4 is 10.5 Å². The van der Waals surface area contributed by atoms with E-state index in [4.69, 9.17) is 5.73 Å². The summed E-state index contributed by atoms with van der Waals surface area (Å²) >= 11 is 0. The Morgan fingerprint density at radius 3 is 1.75 bits per heavy atom. The monoisotopic (exact) mass is 307 g/mol. The molecule has 5 nitrogen and oxygen atoms in total. The molecule has 0 aliphatic heterocycles. The minimum absolute atomic E-state index is 0.245. The van der Waals surface area contributed by atoms with Crippen molar-refractivity contribution < 1.29 is 8.42 Å². The second-order valence-corrected chi connectivity index (χ2v) is 8.83. The van der Waals surface area contributed by atoms with E-state index in [2.05, 4.69) is 32.4 Å². The molecule has 0 aromatic rings. The zero-order valence-electron chi connectivity index (χ0n) is 13.9. The SMILES string of the molecule is CC(C)CCN(CCC(C)C)S(=O)(=O)NCC(C)(C)N. The van der Waals surface area contributed by atoms with Crippen LogP contribution in [-0.4, -0.2) is 37.9 Å². The summed E-state index contributed by atoms with van der Waals surface area (Å²) in [5.74, 6) is 0.968. The Morgan fingerprint density at radius 2 is 1.45 bits per heavy atom. The van der Waals surface area contributed by atoms with Gasteiger partial charge in [0.25, 0.3) is 10.2 Å². The van der Waals surface area contributed by atoms with Crippen molar-refractivity contribution >= 4 is 10.2 Å². The third-order valence-corrected chi connectivity index (χ3v) is 4.52. The first-order valence-electron chi connectivity index (χ1n) is 7.47. The van der Waals surface area contributed by atoms with E-state index in [0.717, 1.165) is 12.8 Å². The third-order valence-electron chi connectivity index (χ3n) is 2.96. The minimum atomic E-state index is -3.44. The Morgan fingerprint density at radius 1 is 1.05 bits per heavy atom. The van der Waals surface area contributed by atoms with E-state index in [1.165, 1.54) is 0 Å². The summed E-state index contributed by atoms with van der Waals surface area (Å²) in [5, 5.41) is 0. The van der Waals surface area contributed by atoms with Crippen LogP contribution in [0, 0.1) is 11.8 Å². The second kappa shape index (κ2) is 8.32. The van der Waals surface area contributed by atoms with Crippen LogP contribution in [0.3, 0.4) is 0 Å². The van der Waals surface area contributed by atoms with Crippen molar-refractivity contribution in [2.75, 3.05) is 19.6 Å². The lowest BCUT2D eigenvalue weighted by atomic mass is 10.1. The van der Waals surface area contributed by atoms with Crippen LogP contribution in [0.25, 0.3) is 0 Å². The molecule has 20 heavy (non-hydrogen) atoms. The highest BCUT2D eigenvalue weighted by molar-refractivity contribution is 7.87. The number of nitrogens with zero attached hydrogens (tertiary/aromatic N) is 1. The molecule has 0 saturated heterocycles. The fourth-order valence-corrected chi connectivity index (χ4v) is 2.95. The lowest BCUT2D eigenvalue weighted by Crippen LogP contribution is -2.50. The lowest BCUT2D eigenvalue weighted by molar-refractivity contribution is 0.349. The molecule has 3 N–H and O–H groups in total. The maximum absolute atomic E-state index is 12.4. The number of nitrogens with one attached hydrogen (secondary N) is 1. The van der Waals surface area contributed by atoms with Crippen LogP contribution in [0.5, 0.6) is 0 Å². The van der Waals surface area contributed by atoms with Crippen LogP contribution in [0.2, 0.25) is 0 Å². The van der Waals surface area contributed by atoms with Crippen LogP contribution in [0.4, 0.5) is 0 Å². The van der Waals surface area contributed by atoms with Crippen LogP contribution in [0.1, 0.15) is 54.4 Å². The van der Waals surface area contributed by atoms with Crippen molar-refractivity contribution in [1.82, 2.24) is 9.03 Å². The van der Waals surface area contributed by atoms with E-state index in [9.17, 15) is 8.42 Å². The van der Waals surface area contributed by atoms with Crippen molar-refractivity contribution in [2.24, 2.45) is 17.6 Å². The van der Waals surface area contributed by atoms with Gasteiger partial charge in [0.1, 0.15) is 0 Å². The molecule has 6 heteroatoms. The molecule has 0 aliphatic rings. The van der Waals surface area contributed by atoms with Gasteiger partial charge < -0.3 is 5.73 Å². The highest BCUT2D eigenvalue weighted by Gasteiger charge is 2.24. The van der Waals surface area contributed by atoms with E-state index in [1.54, 1.807) is 4.31 Å². The van der Waals surface area contributed by atoms with Crippen molar-refractivity contribution in [3.05, 3.63) is 0 Å². The van der Waals surface area contributed by atoms with Gasteiger partial charge in [0, 0.05) is 25.2 Å². The van der Waals surface area contributed by atoms with E-state index >= 15 is 0 Å². The molecule has 122 valence electrons. The van der Waals surface area contributed by atoms with Gasteiger partial charge in [0.2, 0.25) is 0 Å². The van der Waals surface area contributed by atoms with Gasteiger partial charge in [-0.05, 0) is 38.5 Å². The first kappa shape index (κ1) is 19.8. The lowest BCUT2D eigenvalue weighted by Gasteiger charge is -2.26. The summed E-state index contributed by atoms with van der Waals surface area (Å²) in [5.41, 5.74) is 5.29. The van der Waals surface area contributed by atoms with E-state index in [-0.39, 0.29) is 6.54 Å². The molecule has 0 rings (SSSR count). The molecule has 0 fully saturated rings. The van der Waals surface area contributed by atoms with Gasteiger partial charge in [-0.3, -0.25) is 0 Å². The van der Waals surface area contributed by atoms with Gasteiger partial charge in [0.15, 0.2) is 0 Å². The molecule has 0 heterocycles. The van der Waals surface area contributed by atoms with Gasteiger partial charge >= 0.3 is 0 Å². The number of hydrogen-bond donors (Lipinski definition) is 2. The van der Waals surface area contributed by atoms with Crippen molar-refractivity contribution in [1.29, 1.82) is 0 Å². The quantitative estimate of drug-likeness (QED) is 0.648. The van der Waals surface area contributed by atoms with Gasteiger partial charge in [-0.25, -0.2) is 4.72 Å². The molecule has 0 aliphatic carbocycles. The molecule has 0 bridgehead atoms. The summed E-state index contributed by atoms with van der Waals surface area (Å²) in [6, 6.07) is 0. The maximum atomic E-state index is 12.4. The fourth-order valence-electron chi connectivity index (χ4n) is 1.53. The van der Waals surface area contributed by atoms with Crippen molar-refractivity contribution in [3.8, 4) is 0 Å². The molecular formula is C14H33N3O2S. The number of nitrogens with two attached hydrogens (primary N) is 1. The van der Waals surface area contributed by atoms with E-state index < -0.39 is 15.7 Å². The Kier molecular flexibility index (Phi) is 8.25. The fraction of sp³-hybridized carbons (Fsp3) is 1.00. The van der Waals surface area contributed by atoms with Crippen LogP contribution in [-0.2, 0) is 10.2 Å². The molecule has 0 atom stereocenters. The topological polar surface area (TPSA) is 75.4 Å². The summed E-state index contributed by atoms with van der Waals surface area (Å²) < 4.78 is 28.9. The largest absolute Gasteiger partial charge is 0.324 e. The molecule has 0 aromatic heterocycles. The summed E-state index contributed by atoms with van der Waals surface area (Å²) in [4.78, 5) is 0. The molecule has 0 amide bonds. The van der Waals surface area contributed by atoms with Crippen LogP contribution >= 0.6 is 0 Å². The summed E-state index contributed by atoms with van der Waals surface area (Å²) in [6.45, 7) is 13.4. The van der Waals surface area contributed by atoms with Gasteiger partial charge in [-0.1, -0.05) is 27.7 Å². The molecule has 0 spiro atoms. The third kappa shape index (κ3) is 9.69. The molecule has 0 saturated carbocycles. The van der Waals surface area contributed by atoms with E-state index in [1.807, 2.05) is 13.8 Å². The smallest absolute Gasteiger partial charge is 0.279 e. The predicted octanol–water partition coefficient (Wildman–Crippen LogP) is 1.95. The molecular weight excluding hydrogens is 274 g/mol. The first-order valence-corrected chi connectivity index (χ1v) is 8.91. The first-order chi connectivity index (χ1) is 8.94. The Balaban J connectivity index is 4.70. The van der Waals surface area contributed by atoms with Gasteiger partial charge in [0.05, 0.1) is 0 Å². The summed E-state index contributed by atoms with van der Waals surface area (Å²) in [6.07, 6.45) is 1.73. The van der Waals surface area contributed by atoms with Gasteiger partial charge in [-0.15, -0.1) is 0 Å². The van der Waals surface area contributed by atoms with Gasteiger partial charge in [-0.2, -0.15) is 12.7 Å². The maximum Gasteiger partial charge on any atom is 0.279 e. The average molecular weight is 308 g/mol. The zero-order valence-corrected chi connectivity index (χ0v) is 14.8. The van der Waals surface area contributed by atoms with E-state index in [0.29, 0.717) is 24.9 Å². The highest BCUT2D eigenvalue weighted by Crippen LogP contribution is 2.10. The summed E-state index contributed by atoms with van der Waals surface area (Å²) in [7, 11) is -3.44. The Hall–Kier alpha value is -0.170. The minimum Gasteiger partial charge on any atom is -0.324 e. The molecule has 0 unspecified atom stereocenters. The predicted molar refractivity (Wildman–Crippen MR) is 85.7 cm³/mol. The van der Waals surface area contributed by atoms with Crippen molar-refractivity contribution in [2.45, 2.75) is 59.9 Å². The Bertz CT molecular complexity index is 347. The zero-order chi connectivity index (χ0) is 16.0. The highest BCUT2D eigenvalue weighted by atomic mass is 32.2. The standard InChI is InChI=1S/C14H33N3O2S/c1-12(2)7-9-17(10-8-13(3)4)20(18,19)16-11-14(5,6)15/h12-13,16H,7-11,15H2,1-6H3. The molecule has 0 radical (unpaired) electrons. The number of rotatable bonds is 10. The average Bonchev–Trinajstić information content (AvgIpc) is 2.24. The Labute approximate surface area is 125 Å². The van der Waals surface area contributed by atoms with Crippen LogP contribution in [0.15, 0.2) is 0 Å². The molecule has 0 aromatic carbocycles. The second-order valence-electron chi connectivity index (χ2n) is 7.08.